The van der Waals surface area contributed by atoms with Gasteiger partial charge in [-0.15, -0.1) is 0 Å². The summed E-state index contributed by atoms with van der Waals surface area (Å²) in [7, 11) is -3.53. The van der Waals surface area contributed by atoms with Gasteiger partial charge < -0.3 is 5.11 Å². The monoisotopic (exact) mass is 269 g/mol. The third-order valence-electron chi connectivity index (χ3n) is 3.63. The van der Waals surface area contributed by atoms with Crippen molar-refractivity contribution < 1.29 is 13.5 Å². The van der Waals surface area contributed by atoms with Gasteiger partial charge in [0.1, 0.15) is 0 Å². The van der Waals surface area contributed by atoms with Crippen LogP contribution in [0.2, 0.25) is 0 Å². The summed E-state index contributed by atoms with van der Waals surface area (Å²) in [6.07, 6.45) is 0.717. The molecule has 1 saturated heterocycles. The van der Waals surface area contributed by atoms with Gasteiger partial charge in [-0.25, -0.2) is 8.42 Å². The molecule has 0 aromatic heterocycles. The summed E-state index contributed by atoms with van der Waals surface area (Å²) in [5.74, 6) is 0. The maximum absolute atomic E-state index is 12.6. The molecule has 1 heterocycles. The van der Waals surface area contributed by atoms with Crippen molar-refractivity contribution in [2.24, 2.45) is 0 Å². The average molecular weight is 269 g/mol. The molecule has 1 aromatic rings. The Bertz CT molecular complexity index is 510. The summed E-state index contributed by atoms with van der Waals surface area (Å²) in [5.41, 5.74) is -0.757. The second-order valence-electron chi connectivity index (χ2n) is 5.20. The molecule has 5 heteroatoms. The lowest BCUT2D eigenvalue weighted by Crippen LogP contribution is -2.58. The van der Waals surface area contributed by atoms with E-state index in [9.17, 15) is 13.5 Å². The molecule has 100 valence electrons. The molecule has 2 rings (SSSR count). The fourth-order valence-corrected chi connectivity index (χ4v) is 4.25. The highest BCUT2D eigenvalue weighted by atomic mass is 32.2. The number of aliphatic hydroxyl groups is 1. The summed E-state index contributed by atoms with van der Waals surface area (Å²) < 4.78 is 26.5. The maximum atomic E-state index is 12.6. The molecule has 1 atom stereocenters. The van der Waals surface area contributed by atoms with E-state index >= 15 is 0 Å². The minimum absolute atomic E-state index is 0.284. The number of piperidine rings is 1. The van der Waals surface area contributed by atoms with Crippen molar-refractivity contribution in [2.45, 2.75) is 43.2 Å². The van der Waals surface area contributed by atoms with E-state index in [-0.39, 0.29) is 4.90 Å². The highest BCUT2D eigenvalue weighted by Gasteiger charge is 2.44. The van der Waals surface area contributed by atoms with Gasteiger partial charge in [0.2, 0.25) is 10.0 Å². The fourth-order valence-electron chi connectivity index (χ4n) is 2.39. The van der Waals surface area contributed by atoms with E-state index in [1.807, 2.05) is 0 Å². The van der Waals surface area contributed by atoms with Crippen LogP contribution < -0.4 is 0 Å². The molecule has 1 N–H and O–H groups in total. The molecule has 0 spiro atoms. The Labute approximate surface area is 108 Å². The number of aliphatic hydroxyl groups excluding tert-OH is 1. The van der Waals surface area contributed by atoms with Crippen LogP contribution in [0.1, 0.15) is 26.7 Å². The summed E-state index contributed by atoms with van der Waals surface area (Å²) in [4.78, 5) is 0.284. The highest BCUT2D eigenvalue weighted by Crippen LogP contribution is 2.32. The van der Waals surface area contributed by atoms with Gasteiger partial charge in [0.25, 0.3) is 0 Å². The maximum Gasteiger partial charge on any atom is 0.243 e. The van der Waals surface area contributed by atoms with Crippen molar-refractivity contribution in [3.8, 4) is 0 Å². The van der Waals surface area contributed by atoms with Crippen molar-refractivity contribution in [1.82, 2.24) is 4.31 Å². The van der Waals surface area contributed by atoms with E-state index in [1.165, 1.54) is 4.31 Å². The Hall–Kier alpha value is -0.910. The van der Waals surface area contributed by atoms with Crippen LogP contribution in [0.5, 0.6) is 0 Å². The number of nitrogens with zero attached hydrogens (tertiary/aromatic N) is 1. The van der Waals surface area contributed by atoms with Crippen LogP contribution in [-0.2, 0) is 10.0 Å². The van der Waals surface area contributed by atoms with Gasteiger partial charge in [-0.2, -0.15) is 4.31 Å². The standard InChI is InChI=1S/C13H19NO3S/c1-13(2)12(15)9-6-10-14(13)18(16,17)11-7-4-3-5-8-11/h3-5,7-8,12,15H,6,9-10H2,1-2H3. The highest BCUT2D eigenvalue weighted by molar-refractivity contribution is 7.89. The van der Waals surface area contributed by atoms with Gasteiger partial charge in [-0.3, -0.25) is 0 Å². The molecule has 0 aliphatic carbocycles. The van der Waals surface area contributed by atoms with Crippen LogP contribution in [0.3, 0.4) is 0 Å². The molecular formula is C13H19NO3S. The Kier molecular flexibility index (Phi) is 3.49. The van der Waals surface area contributed by atoms with Gasteiger partial charge >= 0.3 is 0 Å². The van der Waals surface area contributed by atoms with Crippen molar-refractivity contribution in [3.05, 3.63) is 30.3 Å². The molecule has 1 aliphatic rings. The van der Waals surface area contributed by atoms with Crippen LogP contribution in [0.4, 0.5) is 0 Å². The van der Waals surface area contributed by atoms with Gasteiger partial charge in [0.15, 0.2) is 0 Å². The topological polar surface area (TPSA) is 57.6 Å². The third kappa shape index (κ3) is 2.18. The number of sulfonamides is 1. The van der Waals surface area contributed by atoms with Crippen LogP contribution in [0.15, 0.2) is 35.2 Å². The second kappa shape index (κ2) is 4.64. The minimum atomic E-state index is -3.53. The smallest absolute Gasteiger partial charge is 0.243 e. The SMILES string of the molecule is CC1(C)C(O)CCCN1S(=O)(=O)c1ccccc1. The number of hydrogen-bond acceptors (Lipinski definition) is 3. The predicted molar refractivity (Wildman–Crippen MR) is 69.7 cm³/mol. The Morgan fingerprint density at radius 3 is 2.50 bits per heavy atom. The van der Waals surface area contributed by atoms with Crippen molar-refractivity contribution >= 4 is 10.0 Å². The molecule has 1 aliphatic heterocycles. The fraction of sp³-hybridized carbons (Fsp3) is 0.538. The molecule has 1 fully saturated rings. The summed E-state index contributed by atoms with van der Waals surface area (Å²) in [6, 6.07) is 8.38. The Balaban J connectivity index is 2.42. The number of benzene rings is 1. The molecular weight excluding hydrogens is 250 g/mol. The molecule has 1 aromatic carbocycles. The van der Waals surface area contributed by atoms with Gasteiger partial charge in [-0.1, -0.05) is 18.2 Å². The normalized spacial score (nSPS) is 24.9. The summed E-state index contributed by atoms with van der Waals surface area (Å²) >= 11 is 0. The second-order valence-corrected chi connectivity index (χ2v) is 7.06. The van der Waals surface area contributed by atoms with Gasteiger partial charge in [0, 0.05) is 6.54 Å². The molecule has 0 bridgehead atoms. The first-order chi connectivity index (χ1) is 8.37. The predicted octanol–water partition coefficient (Wildman–Crippen LogP) is 1.61. The molecule has 0 saturated carbocycles. The number of rotatable bonds is 2. The minimum Gasteiger partial charge on any atom is -0.391 e. The van der Waals surface area contributed by atoms with E-state index in [0.29, 0.717) is 19.4 Å². The van der Waals surface area contributed by atoms with E-state index < -0.39 is 21.7 Å². The zero-order valence-electron chi connectivity index (χ0n) is 10.7. The van der Waals surface area contributed by atoms with E-state index in [1.54, 1.807) is 44.2 Å². The van der Waals surface area contributed by atoms with Gasteiger partial charge in [-0.05, 0) is 38.8 Å². The first-order valence-electron chi connectivity index (χ1n) is 6.13. The van der Waals surface area contributed by atoms with E-state index in [0.717, 1.165) is 0 Å². The lowest BCUT2D eigenvalue weighted by molar-refractivity contribution is 0.000224. The first kappa shape index (κ1) is 13.5. The van der Waals surface area contributed by atoms with Crippen molar-refractivity contribution in [2.75, 3.05) is 6.54 Å². The van der Waals surface area contributed by atoms with E-state index in [2.05, 4.69) is 0 Å². The van der Waals surface area contributed by atoms with E-state index in [4.69, 9.17) is 0 Å². The molecule has 1 unspecified atom stereocenters. The zero-order valence-corrected chi connectivity index (χ0v) is 11.5. The first-order valence-corrected chi connectivity index (χ1v) is 7.57. The molecule has 4 nitrogen and oxygen atoms in total. The van der Waals surface area contributed by atoms with Crippen molar-refractivity contribution in [3.63, 3.8) is 0 Å². The van der Waals surface area contributed by atoms with Crippen molar-refractivity contribution in [1.29, 1.82) is 0 Å². The van der Waals surface area contributed by atoms with Gasteiger partial charge in [0.05, 0.1) is 16.5 Å². The van der Waals surface area contributed by atoms with Crippen LogP contribution in [0.25, 0.3) is 0 Å². The molecule has 0 amide bonds. The Morgan fingerprint density at radius 2 is 1.89 bits per heavy atom. The molecule has 18 heavy (non-hydrogen) atoms. The zero-order chi connectivity index (χ0) is 13.4. The molecule has 0 radical (unpaired) electrons. The van der Waals surface area contributed by atoms with Crippen LogP contribution >= 0.6 is 0 Å². The lowest BCUT2D eigenvalue weighted by Gasteiger charge is -2.44. The lowest BCUT2D eigenvalue weighted by atomic mass is 9.90. The summed E-state index contributed by atoms with van der Waals surface area (Å²) in [6.45, 7) is 4.01. The Morgan fingerprint density at radius 1 is 1.28 bits per heavy atom. The van der Waals surface area contributed by atoms with Crippen LogP contribution in [0, 0.1) is 0 Å². The summed E-state index contributed by atoms with van der Waals surface area (Å²) in [5, 5.41) is 10.0. The third-order valence-corrected chi connectivity index (χ3v) is 5.73. The number of hydrogen-bond donors (Lipinski definition) is 1. The largest absolute Gasteiger partial charge is 0.391 e. The quantitative estimate of drug-likeness (QED) is 0.887. The average Bonchev–Trinajstić information content (AvgIpc) is 2.33. The van der Waals surface area contributed by atoms with Crippen LogP contribution in [-0.4, -0.2) is 36.0 Å².